The minimum Gasteiger partial charge on any atom is -0.399 e. The van der Waals surface area contributed by atoms with E-state index in [-0.39, 0.29) is 0 Å². The number of fused-ring (bicyclic) bond motifs is 1. The molecular formula is C8H8N2. The van der Waals surface area contributed by atoms with Gasteiger partial charge in [0.25, 0.3) is 0 Å². The van der Waals surface area contributed by atoms with Crippen LogP contribution >= 0.6 is 0 Å². The second kappa shape index (κ2) is 1.77. The summed E-state index contributed by atoms with van der Waals surface area (Å²) in [6.07, 6.45) is 1.84. The van der Waals surface area contributed by atoms with Crippen LogP contribution in [0.4, 0.5) is 5.69 Å². The van der Waals surface area contributed by atoms with Crippen LogP contribution in [0, 0.1) is 0 Å². The van der Waals surface area contributed by atoms with Crippen molar-refractivity contribution in [2.75, 3.05) is 5.73 Å². The molecule has 0 fully saturated rings. The van der Waals surface area contributed by atoms with E-state index in [4.69, 9.17) is 7.10 Å². The van der Waals surface area contributed by atoms with Crippen molar-refractivity contribution in [3.8, 4) is 0 Å². The molecule has 0 aliphatic carbocycles. The third kappa shape index (κ3) is 0.658. The second-order valence-electron chi connectivity index (χ2n) is 2.24. The van der Waals surface area contributed by atoms with Crippen molar-refractivity contribution in [3.05, 3.63) is 30.4 Å². The van der Waals surface area contributed by atoms with Crippen LogP contribution in [-0.2, 0) is 0 Å². The summed E-state index contributed by atoms with van der Waals surface area (Å²) < 4.78 is 7.40. The van der Waals surface area contributed by atoms with Gasteiger partial charge in [0.1, 0.15) is 0 Å². The van der Waals surface area contributed by atoms with E-state index in [1.165, 1.54) is 0 Å². The van der Waals surface area contributed by atoms with Gasteiger partial charge in [0, 0.05) is 17.4 Å². The molecule has 0 unspecified atom stereocenters. The van der Waals surface area contributed by atoms with Crippen molar-refractivity contribution in [3.63, 3.8) is 0 Å². The van der Waals surface area contributed by atoms with E-state index < -0.39 is 0 Å². The number of nitrogens with two attached hydrogens (primary N) is 1. The van der Waals surface area contributed by atoms with Crippen LogP contribution in [0.5, 0.6) is 0 Å². The largest absolute Gasteiger partial charge is 0.399 e. The summed E-state index contributed by atoms with van der Waals surface area (Å²) in [5, 5.41) is 1.03. The molecule has 0 atom stereocenters. The summed E-state index contributed by atoms with van der Waals surface area (Å²) in [6, 6.07) is 5.84. The summed E-state index contributed by atoms with van der Waals surface area (Å²) in [4.78, 5) is 3.02. The van der Waals surface area contributed by atoms with Crippen molar-refractivity contribution < 1.29 is 1.37 Å². The van der Waals surface area contributed by atoms with Crippen molar-refractivity contribution in [2.24, 2.45) is 0 Å². The summed E-state index contributed by atoms with van der Waals surface area (Å²) in [7, 11) is 0. The monoisotopic (exact) mass is 133 g/mol. The first-order chi connectivity index (χ1) is 5.27. The molecule has 2 rings (SSSR count). The molecular weight excluding hydrogens is 124 g/mol. The predicted molar refractivity (Wildman–Crippen MR) is 42.7 cm³/mol. The minimum absolute atomic E-state index is 0.386. The van der Waals surface area contributed by atoms with E-state index in [9.17, 15) is 0 Å². The average Bonchev–Trinajstić information content (AvgIpc) is 2.36. The molecule has 0 radical (unpaired) electrons. The van der Waals surface area contributed by atoms with Crippen LogP contribution in [0.2, 0.25) is 0 Å². The van der Waals surface area contributed by atoms with Crippen LogP contribution in [0.25, 0.3) is 10.9 Å². The molecule has 10 heavy (non-hydrogen) atoms. The lowest BCUT2D eigenvalue weighted by Gasteiger charge is -1.90. The molecule has 1 heterocycles. The molecule has 3 N–H and O–H groups in total. The van der Waals surface area contributed by atoms with Gasteiger partial charge < -0.3 is 10.7 Å². The van der Waals surface area contributed by atoms with Gasteiger partial charge in [0.2, 0.25) is 0 Å². The minimum atomic E-state index is 0.386. The highest BCUT2D eigenvalue weighted by Crippen LogP contribution is 2.14. The molecule has 0 saturated heterocycles. The summed E-state index contributed by atoms with van der Waals surface area (Å²) >= 11 is 0. The van der Waals surface area contributed by atoms with Gasteiger partial charge in [0.15, 0.2) is 0 Å². The van der Waals surface area contributed by atoms with Crippen molar-refractivity contribution >= 4 is 16.6 Å². The van der Waals surface area contributed by atoms with Gasteiger partial charge in [0.05, 0.1) is 1.37 Å². The van der Waals surface area contributed by atoms with E-state index in [0.717, 1.165) is 10.9 Å². The quantitative estimate of drug-likeness (QED) is 0.528. The Hall–Kier alpha value is -1.44. The number of rotatable bonds is 0. The second-order valence-corrected chi connectivity index (χ2v) is 2.24. The summed E-state index contributed by atoms with van der Waals surface area (Å²) in [5.41, 5.74) is 7.04. The third-order valence-corrected chi connectivity index (χ3v) is 1.51. The zero-order valence-electron chi connectivity index (χ0n) is 6.39. The molecule has 0 spiro atoms. The molecule has 0 amide bonds. The first-order valence-corrected chi connectivity index (χ1v) is 3.10. The van der Waals surface area contributed by atoms with Gasteiger partial charge in [-0.25, -0.2) is 0 Å². The van der Waals surface area contributed by atoms with Crippen molar-refractivity contribution in [2.45, 2.75) is 0 Å². The van der Waals surface area contributed by atoms with Gasteiger partial charge in [-0.05, 0) is 23.6 Å². The van der Waals surface area contributed by atoms with E-state index >= 15 is 0 Å². The first kappa shape index (κ1) is 4.39. The lowest BCUT2D eigenvalue weighted by Crippen LogP contribution is -1.81. The SMILES string of the molecule is [2H]c1cc2cc[nH]c2cc1N. The molecule has 0 bridgehead atoms. The first-order valence-electron chi connectivity index (χ1n) is 3.60. The lowest BCUT2D eigenvalue weighted by molar-refractivity contribution is 1.48. The molecule has 0 saturated carbocycles. The molecule has 1 aromatic carbocycles. The number of benzene rings is 1. The highest BCUT2D eigenvalue weighted by molar-refractivity contribution is 5.82. The van der Waals surface area contributed by atoms with Crippen LogP contribution < -0.4 is 5.73 Å². The molecule has 2 nitrogen and oxygen atoms in total. The van der Waals surface area contributed by atoms with Crippen molar-refractivity contribution in [1.82, 2.24) is 4.98 Å². The fourth-order valence-electron chi connectivity index (χ4n) is 1.00. The van der Waals surface area contributed by atoms with Gasteiger partial charge in [-0.1, -0.05) is 6.07 Å². The Bertz CT molecular complexity index is 356. The van der Waals surface area contributed by atoms with E-state index in [2.05, 4.69) is 4.98 Å². The van der Waals surface area contributed by atoms with Gasteiger partial charge >= 0.3 is 0 Å². The number of aromatic amines is 1. The summed E-state index contributed by atoms with van der Waals surface area (Å²) in [6.45, 7) is 0. The maximum absolute atomic E-state index is 7.40. The standard InChI is InChI=1S/C8H8N2/c9-7-2-1-6-3-4-10-8(6)5-7/h1-5,10H,9H2/i2D. The fraction of sp³-hybridized carbons (Fsp3) is 0. The molecule has 2 aromatic rings. The maximum atomic E-state index is 7.40. The number of aromatic nitrogens is 1. The van der Waals surface area contributed by atoms with Crippen LogP contribution in [0.1, 0.15) is 1.37 Å². The van der Waals surface area contributed by atoms with Gasteiger partial charge in [-0.15, -0.1) is 0 Å². The van der Waals surface area contributed by atoms with Crippen LogP contribution in [-0.4, -0.2) is 4.98 Å². The number of hydrogen-bond acceptors (Lipinski definition) is 1. The zero-order chi connectivity index (χ0) is 7.84. The highest BCUT2D eigenvalue weighted by Gasteiger charge is 1.91. The molecule has 2 heteroatoms. The van der Waals surface area contributed by atoms with E-state index in [1.54, 1.807) is 12.1 Å². The van der Waals surface area contributed by atoms with Gasteiger partial charge in [-0.3, -0.25) is 0 Å². The normalized spacial score (nSPS) is 11.8. The zero-order valence-corrected chi connectivity index (χ0v) is 5.39. The highest BCUT2D eigenvalue weighted by atomic mass is 14.7. The average molecular weight is 133 g/mol. The summed E-state index contributed by atoms with van der Waals surface area (Å²) in [5.74, 6) is 0. The number of nitrogens with one attached hydrogen (secondary N) is 1. The Kier molecular flexibility index (Phi) is 0.776. The van der Waals surface area contributed by atoms with Gasteiger partial charge in [-0.2, -0.15) is 0 Å². The molecule has 50 valence electrons. The number of hydrogen-bond donors (Lipinski definition) is 2. The number of H-pyrrole nitrogens is 1. The Labute approximate surface area is 60.1 Å². The van der Waals surface area contributed by atoms with Crippen LogP contribution in [0.3, 0.4) is 0 Å². The van der Waals surface area contributed by atoms with Crippen molar-refractivity contribution in [1.29, 1.82) is 0 Å². The number of anilines is 1. The molecule has 0 aliphatic rings. The Balaban J connectivity index is 2.86. The Morgan fingerprint density at radius 3 is 3.30 bits per heavy atom. The Morgan fingerprint density at radius 1 is 1.50 bits per heavy atom. The van der Waals surface area contributed by atoms with E-state index in [0.29, 0.717) is 11.7 Å². The smallest absolute Gasteiger partial charge is 0.0645 e. The molecule has 1 aromatic heterocycles. The molecule has 0 aliphatic heterocycles. The maximum Gasteiger partial charge on any atom is 0.0645 e. The topological polar surface area (TPSA) is 41.8 Å². The van der Waals surface area contributed by atoms with E-state index in [1.807, 2.05) is 12.3 Å². The number of nitrogen functional groups attached to an aromatic ring is 1. The predicted octanol–water partition coefficient (Wildman–Crippen LogP) is 1.75. The third-order valence-electron chi connectivity index (χ3n) is 1.51. The fourth-order valence-corrected chi connectivity index (χ4v) is 1.00. The van der Waals surface area contributed by atoms with Crippen LogP contribution in [0.15, 0.2) is 30.4 Å². The Morgan fingerprint density at radius 2 is 2.40 bits per heavy atom. The lowest BCUT2D eigenvalue weighted by atomic mass is 10.2.